The Morgan fingerprint density at radius 1 is 1.21 bits per heavy atom. The van der Waals surface area contributed by atoms with Crippen LogP contribution in [0, 0.1) is 0 Å². The SMILES string of the molecule is COc1ccccc1/C=N\NC(=O)CN(c1cccc(C(F)(F)F)c1)S(C)(=O)=O. The number of carbonyl (C=O) groups excluding carboxylic acids is 1. The Morgan fingerprint density at radius 2 is 1.90 bits per heavy atom. The maximum absolute atomic E-state index is 12.9. The topological polar surface area (TPSA) is 88.1 Å². The molecule has 0 bridgehead atoms. The third kappa shape index (κ3) is 6.21. The smallest absolute Gasteiger partial charge is 0.416 e. The zero-order valence-electron chi connectivity index (χ0n) is 15.5. The number of hydrazone groups is 1. The predicted molar refractivity (Wildman–Crippen MR) is 102 cm³/mol. The number of halogens is 3. The van der Waals surface area contributed by atoms with Gasteiger partial charge in [-0.15, -0.1) is 0 Å². The molecule has 0 aromatic heterocycles. The highest BCUT2D eigenvalue weighted by molar-refractivity contribution is 7.92. The van der Waals surface area contributed by atoms with Gasteiger partial charge in [0, 0.05) is 5.56 Å². The van der Waals surface area contributed by atoms with Crippen LogP contribution in [0.4, 0.5) is 18.9 Å². The summed E-state index contributed by atoms with van der Waals surface area (Å²) in [6.45, 7) is -0.747. The molecule has 0 unspecified atom stereocenters. The summed E-state index contributed by atoms with van der Waals surface area (Å²) in [6, 6.07) is 10.5. The van der Waals surface area contributed by atoms with Gasteiger partial charge in [-0.2, -0.15) is 18.3 Å². The second-order valence-corrected chi connectivity index (χ2v) is 7.76. The van der Waals surface area contributed by atoms with E-state index >= 15 is 0 Å². The average molecular weight is 429 g/mol. The fourth-order valence-electron chi connectivity index (χ4n) is 2.35. The standard InChI is InChI=1S/C18H18F3N3O4S/c1-28-16-9-4-3-6-13(16)11-22-23-17(25)12-24(29(2,26)27)15-8-5-7-14(10-15)18(19,20)21/h3-11H,12H2,1-2H3,(H,23,25)/b22-11-. The number of ether oxygens (including phenoxy) is 1. The summed E-state index contributed by atoms with van der Waals surface area (Å²) in [7, 11) is -2.57. The minimum Gasteiger partial charge on any atom is -0.496 e. The van der Waals surface area contributed by atoms with Gasteiger partial charge in [0.2, 0.25) is 10.0 Å². The Balaban J connectivity index is 2.17. The van der Waals surface area contributed by atoms with Gasteiger partial charge in [-0.3, -0.25) is 9.10 Å². The van der Waals surface area contributed by atoms with Gasteiger partial charge in [0.1, 0.15) is 12.3 Å². The van der Waals surface area contributed by atoms with Crippen molar-refractivity contribution in [2.75, 3.05) is 24.2 Å². The maximum atomic E-state index is 12.9. The van der Waals surface area contributed by atoms with Gasteiger partial charge < -0.3 is 4.74 Å². The van der Waals surface area contributed by atoms with Crippen molar-refractivity contribution in [1.29, 1.82) is 0 Å². The number of hydrogen-bond acceptors (Lipinski definition) is 5. The Morgan fingerprint density at radius 3 is 2.52 bits per heavy atom. The van der Waals surface area contributed by atoms with Crippen molar-refractivity contribution in [1.82, 2.24) is 5.43 Å². The Kier molecular flexibility index (Phi) is 6.85. The number of carbonyl (C=O) groups is 1. The lowest BCUT2D eigenvalue weighted by atomic mass is 10.2. The van der Waals surface area contributed by atoms with Crippen LogP contribution in [0.1, 0.15) is 11.1 Å². The molecule has 0 aliphatic rings. The lowest BCUT2D eigenvalue weighted by Crippen LogP contribution is -2.39. The van der Waals surface area contributed by atoms with Gasteiger partial charge in [-0.05, 0) is 30.3 Å². The van der Waals surface area contributed by atoms with Crippen LogP contribution in [0.25, 0.3) is 0 Å². The van der Waals surface area contributed by atoms with E-state index in [2.05, 4.69) is 10.5 Å². The molecule has 0 radical (unpaired) electrons. The molecule has 0 heterocycles. The van der Waals surface area contributed by atoms with Crippen LogP contribution in [0.5, 0.6) is 5.75 Å². The zero-order chi connectivity index (χ0) is 21.7. The third-order valence-corrected chi connectivity index (χ3v) is 4.82. The predicted octanol–water partition coefficient (Wildman–Crippen LogP) is 2.63. The number of alkyl halides is 3. The highest BCUT2D eigenvalue weighted by Gasteiger charge is 2.31. The molecule has 0 spiro atoms. The van der Waals surface area contributed by atoms with Crippen molar-refractivity contribution in [3.8, 4) is 5.75 Å². The van der Waals surface area contributed by atoms with Gasteiger partial charge in [-0.1, -0.05) is 18.2 Å². The zero-order valence-corrected chi connectivity index (χ0v) is 16.3. The molecule has 11 heteroatoms. The Labute approximate surface area is 165 Å². The highest BCUT2D eigenvalue weighted by atomic mass is 32.2. The lowest BCUT2D eigenvalue weighted by molar-refractivity contribution is -0.137. The molecule has 0 atom stereocenters. The number of benzene rings is 2. The minimum atomic E-state index is -4.65. The molecule has 2 aromatic rings. The number of amides is 1. The number of para-hydroxylation sites is 1. The molecule has 1 N–H and O–H groups in total. The number of anilines is 1. The van der Waals surface area contributed by atoms with E-state index in [0.29, 0.717) is 21.7 Å². The molecule has 0 saturated heterocycles. The number of sulfonamides is 1. The molecule has 7 nitrogen and oxygen atoms in total. The highest BCUT2D eigenvalue weighted by Crippen LogP contribution is 2.32. The molecule has 0 fully saturated rings. The van der Waals surface area contributed by atoms with Crippen LogP contribution in [-0.2, 0) is 21.0 Å². The quantitative estimate of drug-likeness (QED) is 0.541. The van der Waals surface area contributed by atoms with E-state index in [1.165, 1.54) is 19.4 Å². The van der Waals surface area contributed by atoms with E-state index in [0.717, 1.165) is 18.4 Å². The van der Waals surface area contributed by atoms with Crippen LogP contribution in [0.15, 0.2) is 53.6 Å². The van der Waals surface area contributed by atoms with Crippen LogP contribution >= 0.6 is 0 Å². The van der Waals surface area contributed by atoms with Crippen LogP contribution in [0.3, 0.4) is 0 Å². The number of hydrogen-bond donors (Lipinski definition) is 1. The van der Waals surface area contributed by atoms with Gasteiger partial charge in [-0.25, -0.2) is 13.8 Å². The summed E-state index contributed by atoms with van der Waals surface area (Å²) in [5, 5.41) is 3.73. The van der Waals surface area contributed by atoms with Gasteiger partial charge in [0.15, 0.2) is 0 Å². The van der Waals surface area contributed by atoms with Crippen LogP contribution < -0.4 is 14.5 Å². The molecule has 0 aliphatic carbocycles. The van der Waals surface area contributed by atoms with Crippen LogP contribution in [0.2, 0.25) is 0 Å². The molecule has 0 saturated carbocycles. The van der Waals surface area contributed by atoms with Crippen molar-refractivity contribution in [2.24, 2.45) is 5.10 Å². The Bertz CT molecular complexity index is 1010. The molecule has 29 heavy (non-hydrogen) atoms. The molecule has 2 aromatic carbocycles. The second kappa shape index (κ2) is 8.95. The third-order valence-electron chi connectivity index (χ3n) is 3.68. The van der Waals surface area contributed by atoms with Gasteiger partial charge in [0.05, 0.1) is 30.8 Å². The summed E-state index contributed by atoms with van der Waals surface area (Å²) in [6.07, 6.45) is -2.56. The maximum Gasteiger partial charge on any atom is 0.416 e. The molecular weight excluding hydrogens is 411 g/mol. The first kappa shape index (κ1) is 22.2. The van der Waals surface area contributed by atoms with Crippen LogP contribution in [-0.4, -0.2) is 40.4 Å². The fourth-order valence-corrected chi connectivity index (χ4v) is 3.20. The van der Waals surface area contributed by atoms with Gasteiger partial charge in [0.25, 0.3) is 5.91 Å². The second-order valence-electron chi connectivity index (χ2n) is 5.85. The summed E-state index contributed by atoms with van der Waals surface area (Å²) in [5.41, 5.74) is 1.39. The summed E-state index contributed by atoms with van der Waals surface area (Å²) < 4.78 is 68.4. The first-order valence-corrected chi connectivity index (χ1v) is 9.97. The lowest BCUT2D eigenvalue weighted by Gasteiger charge is -2.22. The number of nitrogens with zero attached hydrogens (tertiary/aromatic N) is 2. The van der Waals surface area contributed by atoms with Gasteiger partial charge >= 0.3 is 6.18 Å². The number of rotatable bonds is 7. The van der Waals surface area contributed by atoms with Crippen molar-refractivity contribution >= 4 is 27.8 Å². The minimum absolute atomic E-state index is 0.286. The summed E-state index contributed by atoms with van der Waals surface area (Å²) >= 11 is 0. The first-order valence-electron chi connectivity index (χ1n) is 8.12. The number of nitrogens with one attached hydrogen (secondary N) is 1. The number of methoxy groups -OCH3 is 1. The molecule has 1 amide bonds. The monoisotopic (exact) mass is 429 g/mol. The van der Waals surface area contributed by atoms with Crippen molar-refractivity contribution < 1.29 is 31.1 Å². The summed E-state index contributed by atoms with van der Waals surface area (Å²) in [5.74, 6) is -0.328. The van der Waals surface area contributed by atoms with Crippen molar-refractivity contribution in [3.63, 3.8) is 0 Å². The van der Waals surface area contributed by atoms with E-state index in [1.807, 2.05) is 0 Å². The first-order chi connectivity index (χ1) is 13.5. The van der Waals surface area contributed by atoms with Crippen molar-refractivity contribution in [3.05, 3.63) is 59.7 Å². The molecular formula is C18H18F3N3O4S. The fraction of sp³-hybridized carbons (Fsp3) is 0.222. The average Bonchev–Trinajstić information content (AvgIpc) is 2.65. The summed E-state index contributed by atoms with van der Waals surface area (Å²) in [4.78, 5) is 12.1. The molecule has 0 aliphatic heterocycles. The largest absolute Gasteiger partial charge is 0.496 e. The van der Waals surface area contributed by atoms with E-state index in [-0.39, 0.29) is 5.69 Å². The molecule has 2 rings (SSSR count). The normalized spacial score (nSPS) is 12.0. The Hall–Kier alpha value is -3.08. The van der Waals surface area contributed by atoms with E-state index in [1.54, 1.807) is 24.3 Å². The molecule has 156 valence electrons. The van der Waals surface area contributed by atoms with E-state index in [4.69, 9.17) is 4.74 Å². The van der Waals surface area contributed by atoms with Crippen molar-refractivity contribution in [2.45, 2.75) is 6.18 Å². The van der Waals surface area contributed by atoms with E-state index < -0.39 is 34.2 Å². The van der Waals surface area contributed by atoms with E-state index in [9.17, 15) is 26.4 Å².